The Morgan fingerprint density at radius 3 is 2.69 bits per heavy atom. The van der Waals surface area contributed by atoms with Crippen LogP contribution in [0.15, 0.2) is 18.2 Å². The van der Waals surface area contributed by atoms with Gasteiger partial charge in [-0.1, -0.05) is 26.8 Å². The fourth-order valence-corrected chi connectivity index (χ4v) is 3.81. The van der Waals surface area contributed by atoms with E-state index in [0.29, 0.717) is 18.4 Å². The number of carbonyl (C=O) groups is 1. The quantitative estimate of drug-likeness (QED) is 0.811. The molecule has 1 fully saturated rings. The molecule has 5 heteroatoms. The van der Waals surface area contributed by atoms with E-state index in [1.165, 1.54) is 12.8 Å². The van der Waals surface area contributed by atoms with E-state index in [2.05, 4.69) is 31.0 Å². The average Bonchev–Trinajstić information content (AvgIpc) is 3.09. The molecule has 0 saturated carbocycles. The van der Waals surface area contributed by atoms with Crippen molar-refractivity contribution in [1.29, 1.82) is 0 Å². The van der Waals surface area contributed by atoms with E-state index >= 15 is 0 Å². The number of aryl methyl sites for hydroxylation is 1. The van der Waals surface area contributed by atoms with Gasteiger partial charge in [0.15, 0.2) is 11.5 Å². The predicted octanol–water partition coefficient (Wildman–Crippen LogP) is 3.22. The highest BCUT2D eigenvalue weighted by molar-refractivity contribution is 5.76. The third-order valence-corrected chi connectivity index (χ3v) is 5.64. The highest BCUT2D eigenvalue weighted by atomic mass is 16.7. The van der Waals surface area contributed by atoms with Crippen LogP contribution in [-0.2, 0) is 11.2 Å². The number of amides is 1. The molecular formula is C21H32N2O3. The van der Waals surface area contributed by atoms with E-state index in [0.717, 1.165) is 49.0 Å². The van der Waals surface area contributed by atoms with Crippen molar-refractivity contribution in [3.8, 4) is 11.5 Å². The van der Waals surface area contributed by atoms with Crippen LogP contribution in [0.3, 0.4) is 0 Å². The maximum atomic E-state index is 12.3. The molecule has 1 unspecified atom stereocenters. The summed E-state index contributed by atoms with van der Waals surface area (Å²) in [6.07, 6.45) is 3.75. The lowest BCUT2D eigenvalue weighted by molar-refractivity contribution is -0.121. The van der Waals surface area contributed by atoms with Gasteiger partial charge in [-0.25, -0.2) is 0 Å². The SMILES string of the molecule is CC1CCN(C(CNC(=O)CCc2ccc3c(c2)OCO3)C(C)C)CC1. The summed E-state index contributed by atoms with van der Waals surface area (Å²) in [6.45, 7) is 10.2. The van der Waals surface area contributed by atoms with Crippen molar-refractivity contribution in [2.24, 2.45) is 11.8 Å². The van der Waals surface area contributed by atoms with E-state index in [1.807, 2.05) is 18.2 Å². The summed E-state index contributed by atoms with van der Waals surface area (Å²) in [5.41, 5.74) is 1.11. The van der Waals surface area contributed by atoms with Crippen LogP contribution in [0.25, 0.3) is 0 Å². The van der Waals surface area contributed by atoms with Gasteiger partial charge in [0.1, 0.15) is 0 Å². The number of likely N-dealkylation sites (tertiary alicyclic amines) is 1. The molecule has 1 saturated heterocycles. The van der Waals surface area contributed by atoms with Crippen LogP contribution in [0, 0.1) is 11.8 Å². The first-order valence-electron chi connectivity index (χ1n) is 9.92. The molecule has 2 aliphatic rings. The maximum absolute atomic E-state index is 12.3. The summed E-state index contributed by atoms with van der Waals surface area (Å²) in [7, 11) is 0. The van der Waals surface area contributed by atoms with E-state index in [-0.39, 0.29) is 12.7 Å². The molecule has 26 heavy (non-hydrogen) atoms. The number of hydrogen-bond acceptors (Lipinski definition) is 4. The molecule has 1 amide bonds. The first-order valence-corrected chi connectivity index (χ1v) is 9.92. The molecular weight excluding hydrogens is 328 g/mol. The van der Waals surface area contributed by atoms with E-state index in [9.17, 15) is 4.79 Å². The van der Waals surface area contributed by atoms with Gasteiger partial charge in [-0.15, -0.1) is 0 Å². The molecule has 144 valence electrons. The summed E-state index contributed by atoms with van der Waals surface area (Å²) >= 11 is 0. The normalized spacial score (nSPS) is 18.9. The Kier molecular flexibility index (Phi) is 6.41. The van der Waals surface area contributed by atoms with Crippen LogP contribution >= 0.6 is 0 Å². The lowest BCUT2D eigenvalue weighted by Gasteiger charge is -2.38. The molecule has 2 aliphatic heterocycles. The van der Waals surface area contributed by atoms with Gasteiger partial charge < -0.3 is 14.8 Å². The number of ether oxygens (including phenoxy) is 2. The second-order valence-electron chi connectivity index (χ2n) is 8.02. The van der Waals surface area contributed by atoms with Gasteiger partial charge in [-0.2, -0.15) is 0 Å². The van der Waals surface area contributed by atoms with Gasteiger partial charge in [-0.3, -0.25) is 9.69 Å². The molecule has 1 N–H and O–H groups in total. The van der Waals surface area contributed by atoms with Crippen molar-refractivity contribution < 1.29 is 14.3 Å². The smallest absolute Gasteiger partial charge is 0.231 e. The van der Waals surface area contributed by atoms with E-state index in [4.69, 9.17) is 9.47 Å². The highest BCUT2D eigenvalue weighted by Gasteiger charge is 2.25. The van der Waals surface area contributed by atoms with Gasteiger partial charge in [0.25, 0.3) is 0 Å². The van der Waals surface area contributed by atoms with Crippen molar-refractivity contribution >= 4 is 5.91 Å². The number of fused-ring (bicyclic) bond motifs is 1. The molecule has 0 spiro atoms. The lowest BCUT2D eigenvalue weighted by Crippen LogP contribution is -2.49. The summed E-state index contributed by atoms with van der Waals surface area (Å²) in [6, 6.07) is 6.33. The summed E-state index contributed by atoms with van der Waals surface area (Å²) in [5, 5.41) is 3.16. The number of nitrogens with zero attached hydrogens (tertiary/aromatic N) is 1. The number of nitrogens with one attached hydrogen (secondary N) is 1. The first kappa shape index (κ1) is 19.0. The number of hydrogen-bond donors (Lipinski definition) is 1. The summed E-state index contributed by atoms with van der Waals surface area (Å²) in [5.74, 6) is 3.06. The van der Waals surface area contributed by atoms with Gasteiger partial charge in [-0.05, 0) is 61.9 Å². The molecule has 0 aromatic heterocycles. The number of rotatable bonds is 7. The summed E-state index contributed by atoms with van der Waals surface area (Å²) in [4.78, 5) is 14.9. The largest absolute Gasteiger partial charge is 0.454 e. The van der Waals surface area contributed by atoms with Crippen molar-refractivity contribution in [3.63, 3.8) is 0 Å². The number of benzene rings is 1. The Bertz CT molecular complexity index is 609. The lowest BCUT2D eigenvalue weighted by atomic mass is 9.94. The molecule has 0 aliphatic carbocycles. The molecule has 1 aromatic rings. The average molecular weight is 360 g/mol. The molecule has 1 atom stereocenters. The second kappa shape index (κ2) is 8.76. The van der Waals surface area contributed by atoms with Gasteiger partial charge in [0.05, 0.1) is 0 Å². The maximum Gasteiger partial charge on any atom is 0.231 e. The Balaban J connectivity index is 1.44. The van der Waals surface area contributed by atoms with Crippen LogP contribution in [0.4, 0.5) is 0 Å². The molecule has 0 radical (unpaired) electrons. The van der Waals surface area contributed by atoms with Gasteiger partial charge in [0, 0.05) is 19.0 Å². The minimum Gasteiger partial charge on any atom is -0.454 e. The van der Waals surface area contributed by atoms with Crippen LogP contribution < -0.4 is 14.8 Å². The first-order chi connectivity index (χ1) is 12.5. The minimum absolute atomic E-state index is 0.124. The molecule has 2 heterocycles. The zero-order chi connectivity index (χ0) is 18.5. The van der Waals surface area contributed by atoms with E-state index < -0.39 is 0 Å². The Hall–Kier alpha value is -1.75. The second-order valence-corrected chi connectivity index (χ2v) is 8.02. The van der Waals surface area contributed by atoms with Crippen LogP contribution in [0.5, 0.6) is 11.5 Å². The summed E-state index contributed by atoms with van der Waals surface area (Å²) < 4.78 is 10.7. The number of piperidine rings is 1. The Morgan fingerprint density at radius 2 is 1.96 bits per heavy atom. The topological polar surface area (TPSA) is 50.8 Å². The van der Waals surface area contributed by atoms with Crippen molar-refractivity contribution in [2.45, 2.75) is 52.5 Å². The zero-order valence-corrected chi connectivity index (χ0v) is 16.3. The van der Waals surface area contributed by atoms with Gasteiger partial charge in [0.2, 0.25) is 12.7 Å². The molecule has 0 bridgehead atoms. The number of carbonyl (C=O) groups excluding carboxylic acids is 1. The van der Waals surface area contributed by atoms with Crippen LogP contribution in [-0.4, -0.2) is 43.3 Å². The zero-order valence-electron chi connectivity index (χ0n) is 16.3. The highest BCUT2D eigenvalue weighted by Crippen LogP contribution is 2.32. The fourth-order valence-electron chi connectivity index (χ4n) is 3.81. The van der Waals surface area contributed by atoms with Crippen molar-refractivity contribution in [3.05, 3.63) is 23.8 Å². The minimum atomic E-state index is 0.124. The fraction of sp³-hybridized carbons (Fsp3) is 0.667. The predicted molar refractivity (Wildman–Crippen MR) is 102 cm³/mol. The van der Waals surface area contributed by atoms with E-state index in [1.54, 1.807) is 0 Å². The Morgan fingerprint density at radius 1 is 1.23 bits per heavy atom. The monoisotopic (exact) mass is 360 g/mol. The standard InChI is InChI=1S/C21H32N2O3/c1-15(2)18(23-10-8-16(3)9-11-23)13-22-21(24)7-5-17-4-6-19-20(12-17)26-14-25-19/h4,6,12,15-16,18H,5,7-11,13-14H2,1-3H3,(H,22,24). The Labute approximate surface area is 157 Å². The molecule has 3 rings (SSSR count). The van der Waals surface area contributed by atoms with Crippen LogP contribution in [0.2, 0.25) is 0 Å². The third kappa shape index (κ3) is 4.91. The van der Waals surface area contributed by atoms with Crippen LogP contribution in [0.1, 0.15) is 45.6 Å². The molecule has 5 nitrogen and oxygen atoms in total. The molecule has 1 aromatic carbocycles. The van der Waals surface area contributed by atoms with Crippen molar-refractivity contribution in [1.82, 2.24) is 10.2 Å². The van der Waals surface area contributed by atoms with Gasteiger partial charge >= 0.3 is 0 Å². The third-order valence-electron chi connectivity index (χ3n) is 5.64. The van der Waals surface area contributed by atoms with Crippen molar-refractivity contribution in [2.75, 3.05) is 26.4 Å².